The van der Waals surface area contributed by atoms with Crippen LogP contribution in [0, 0.1) is 11.7 Å². The first-order valence-electron chi connectivity index (χ1n) is 9.50. The van der Waals surface area contributed by atoms with Gasteiger partial charge in [0.1, 0.15) is 5.82 Å². The van der Waals surface area contributed by atoms with E-state index in [1.807, 2.05) is 0 Å². The van der Waals surface area contributed by atoms with Crippen molar-refractivity contribution < 1.29 is 14.0 Å². The summed E-state index contributed by atoms with van der Waals surface area (Å²) in [6, 6.07) is 5.90. The van der Waals surface area contributed by atoms with Crippen LogP contribution in [0.25, 0.3) is 0 Å². The molecule has 2 aliphatic rings. The second-order valence-corrected chi connectivity index (χ2v) is 7.29. The van der Waals surface area contributed by atoms with Crippen LogP contribution < -0.4 is 10.2 Å². The zero-order valence-electron chi connectivity index (χ0n) is 15.1. The first-order chi connectivity index (χ1) is 13.1. The highest BCUT2D eigenvalue weighted by Gasteiger charge is 2.35. The summed E-state index contributed by atoms with van der Waals surface area (Å²) in [5, 5.41) is 10.4. The lowest BCUT2D eigenvalue weighted by Crippen LogP contribution is -2.33. The molecule has 1 fully saturated rings. The fourth-order valence-electron chi connectivity index (χ4n) is 3.96. The maximum Gasteiger partial charge on any atom is 0.227 e. The van der Waals surface area contributed by atoms with E-state index in [0.29, 0.717) is 12.2 Å². The average Bonchev–Trinajstić information content (AvgIpc) is 3.15. The minimum atomic E-state index is -0.432. The molecule has 0 radical (unpaired) electrons. The standard InChI is InChI=1S/C20H23FN4O2/c21-14-5-4-6-15(10-14)25-12-13(9-19(25)26)20(27)22-11-18-16-7-2-1-3-8-17(16)23-24-18/h4-6,10,13H,1-3,7-9,11-12H2,(H,22,27)(H,23,24). The van der Waals surface area contributed by atoms with Gasteiger partial charge in [-0.3, -0.25) is 14.7 Å². The molecule has 2 amide bonds. The van der Waals surface area contributed by atoms with E-state index in [1.165, 1.54) is 41.1 Å². The topological polar surface area (TPSA) is 78.1 Å². The van der Waals surface area contributed by atoms with Crippen LogP contribution in [0.2, 0.25) is 0 Å². The van der Waals surface area contributed by atoms with Gasteiger partial charge in [-0.05, 0) is 49.4 Å². The number of benzene rings is 1. The molecule has 0 saturated carbocycles. The number of carbonyl (C=O) groups excluding carboxylic acids is 2. The van der Waals surface area contributed by atoms with Crippen LogP contribution in [0.3, 0.4) is 0 Å². The Balaban J connectivity index is 1.38. The van der Waals surface area contributed by atoms with Gasteiger partial charge < -0.3 is 10.2 Å². The summed E-state index contributed by atoms with van der Waals surface area (Å²) in [7, 11) is 0. The summed E-state index contributed by atoms with van der Waals surface area (Å²) >= 11 is 0. The van der Waals surface area contributed by atoms with Crippen molar-refractivity contribution in [3.05, 3.63) is 47.0 Å². The van der Waals surface area contributed by atoms with E-state index in [-0.39, 0.29) is 24.8 Å². The van der Waals surface area contributed by atoms with Crippen molar-refractivity contribution in [1.29, 1.82) is 0 Å². The van der Waals surface area contributed by atoms with Crippen LogP contribution in [0.15, 0.2) is 24.3 Å². The number of fused-ring (bicyclic) bond motifs is 1. The summed E-state index contributed by atoms with van der Waals surface area (Å²) in [4.78, 5) is 26.3. The lowest BCUT2D eigenvalue weighted by atomic mass is 10.1. The molecule has 7 heteroatoms. The minimum absolute atomic E-state index is 0.140. The fraction of sp³-hybridized carbons (Fsp3) is 0.450. The molecule has 2 aromatic rings. The van der Waals surface area contributed by atoms with E-state index >= 15 is 0 Å². The smallest absolute Gasteiger partial charge is 0.227 e. The number of nitrogens with one attached hydrogen (secondary N) is 2. The predicted molar refractivity (Wildman–Crippen MR) is 98.6 cm³/mol. The zero-order valence-corrected chi connectivity index (χ0v) is 15.1. The largest absolute Gasteiger partial charge is 0.350 e. The second-order valence-electron chi connectivity index (χ2n) is 7.29. The third-order valence-corrected chi connectivity index (χ3v) is 5.44. The number of hydrogen-bond donors (Lipinski definition) is 2. The number of halogens is 1. The molecule has 2 N–H and O–H groups in total. The Morgan fingerprint density at radius 3 is 3.00 bits per heavy atom. The molecule has 1 saturated heterocycles. The Morgan fingerprint density at radius 1 is 1.30 bits per heavy atom. The molecule has 4 rings (SSSR count). The quantitative estimate of drug-likeness (QED) is 0.812. The number of anilines is 1. The highest BCUT2D eigenvalue weighted by molar-refractivity contribution is 6.00. The van der Waals surface area contributed by atoms with Gasteiger partial charge in [0.2, 0.25) is 11.8 Å². The Kier molecular flexibility index (Phi) is 4.92. The first kappa shape index (κ1) is 17.7. The molecular weight excluding hydrogens is 347 g/mol. The van der Waals surface area contributed by atoms with Gasteiger partial charge in [0.15, 0.2) is 0 Å². The Hall–Kier alpha value is -2.70. The third kappa shape index (κ3) is 3.72. The number of H-pyrrole nitrogens is 1. The van der Waals surface area contributed by atoms with Gasteiger partial charge in [-0.1, -0.05) is 12.5 Å². The normalized spacial score (nSPS) is 19.7. The summed E-state index contributed by atoms with van der Waals surface area (Å²) in [5.41, 5.74) is 3.81. The van der Waals surface area contributed by atoms with E-state index in [1.54, 1.807) is 12.1 Å². The van der Waals surface area contributed by atoms with Crippen molar-refractivity contribution in [3.8, 4) is 0 Å². The molecule has 1 aromatic heterocycles. The van der Waals surface area contributed by atoms with Gasteiger partial charge in [-0.15, -0.1) is 0 Å². The second kappa shape index (κ2) is 7.50. The Morgan fingerprint density at radius 2 is 2.15 bits per heavy atom. The van der Waals surface area contributed by atoms with Crippen LogP contribution in [0.4, 0.5) is 10.1 Å². The van der Waals surface area contributed by atoms with Crippen molar-refractivity contribution in [2.24, 2.45) is 5.92 Å². The molecule has 1 atom stereocenters. The van der Waals surface area contributed by atoms with Crippen LogP contribution in [0.5, 0.6) is 0 Å². The van der Waals surface area contributed by atoms with Crippen LogP contribution in [-0.4, -0.2) is 28.6 Å². The van der Waals surface area contributed by atoms with Gasteiger partial charge in [-0.2, -0.15) is 5.10 Å². The summed E-state index contributed by atoms with van der Waals surface area (Å²) < 4.78 is 13.4. The van der Waals surface area contributed by atoms with Crippen LogP contribution in [0.1, 0.15) is 42.6 Å². The zero-order chi connectivity index (χ0) is 18.8. The highest BCUT2D eigenvalue weighted by atomic mass is 19.1. The monoisotopic (exact) mass is 370 g/mol. The maximum absolute atomic E-state index is 13.4. The van der Waals surface area contributed by atoms with E-state index in [4.69, 9.17) is 0 Å². The van der Waals surface area contributed by atoms with Gasteiger partial charge in [-0.25, -0.2) is 4.39 Å². The first-order valence-corrected chi connectivity index (χ1v) is 9.50. The van der Waals surface area contributed by atoms with E-state index in [2.05, 4.69) is 15.5 Å². The summed E-state index contributed by atoms with van der Waals surface area (Å²) in [6.45, 7) is 0.641. The molecular formula is C20H23FN4O2. The SMILES string of the molecule is O=C(NCc1n[nH]c2c1CCCCC2)C1CC(=O)N(c2cccc(F)c2)C1. The predicted octanol–water partition coefficient (Wildman–Crippen LogP) is 2.49. The molecule has 6 nitrogen and oxygen atoms in total. The molecule has 2 heterocycles. The van der Waals surface area contributed by atoms with Crippen molar-refractivity contribution in [2.45, 2.75) is 45.1 Å². The van der Waals surface area contributed by atoms with E-state index in [9.17, 15) is 14.0 Å². The Labute approximate surface area is 157 Å². The van der Waals surface area contributed by atoms with Crippen molar-refractivity contribution in [1.82, 2.24) is 15.5 Å². The number of aromatic nitrogens is 2. The molecule has 0 spiro atoms. The van der Waals surface area contributed by atoms with Gasteiger partial charge in [0.05, 0.1) is 18.2 Å². The highest BCUT2D eigenvalue weighted by Crippen LogP contribution is 2.26. The van der Waals surface area contributed by atoms with Gasteiger partial charge in [0, 0.05) is 24.3 Å². The number of carbonyl (C=O) groups is 2. The molecule has 1 aromatic carbocycles. The van der Waals surface area contributed by atoms with Crippen molar-refractivity contribution in [3.63, 3.8) is 0 Å². The van der Waals surface area contributed by atoms with Gasteiger partial charge >= 0.3 is 0 Å². The maximum atomic E-state index is 13.4. The lowest BCUT2D eigenvalue weighted by molar-refractivity contribution is -0.126. The number of aryl methyl sites for hydroxylation is 1. The third-order valence-electron chi connectivity index (χ3n) is 5.44. The summed E-state index contributed by atoms with van der Waals surface area (Å²) in [5.74, 6) is -1.15. The molecule has 0 bridgehead atoms. The molecule has 1 aliphatic heterocycles. The van der Waals surface area contributed by atoms with Gasteiger partial charge in [0.25, 0.3) is 0 Å². The van der Waals surface area contributed by atoms with E-state index < -0.39 is 11.7 Å². The van der Waals surface area contributed by atoms with Crippen molar-refractivity contribution >= 4 is 17.5 Å². The average molecular weight is 370 g/mol. The number of rotatable bonds is 4. The number of amides is 2. The summed E-state index contributed by atoms with van der Waals surface area (Å²) in [6.07, 6.45) is 5.67. The van der Waals surface area contributed by atoms with Crippen LogP contribution >= 0.6 is 0 Å². The minimum Gasteiger partial charge on any atom is -0.350 e. The van der Waals surface area contributed by atoms with E-state index in [0.717, 1.165) is 25.0 Å². The van der Waals surface area contributed by atoms with Crippen molar-refractivity contribution in [2.75, 3.05) is 11.4 Å². The number of aromatic amines is 1. The molecule has 1 aliphatic carbocycles. The van der Waals surface area contributed by atoms with Crippen LogP contribution in [-0.2, 0) is 29.0 Å². The number of nitrogens with zero attached hydrogens (tertiary/aromatic N) is 2. The lowest BCUT2D eigenvalue weighted by Gasteiger charge is -2.16. The molecule has 27 heavy (non-hydrogen) atoms. The number of hydrogen-bond acceptors (Lipinski definition) is 3. The Bertz CT molecular complexity index is 863. The molecule has 142 valence electrons. The molecule has 1 unspecified atom stereocenters. The fourth-order valence-corrected chi connectivity index (χ4v) is 3.96.